The van der Waals surface area contributed by atoms with Gasteiger partial charge in [-0.3, -0.25) is 0 Å². The molecular weight excluding hydrogens is 180 g/mol. The molecule has 0 spiro atoms. The molecule has 78 valence electrons. The van der Waals surface area contributed by atoms with E-state index in [-0.39, 0.29) is 13.2 Å². The highest BCUT2D eigenvalue weighted by molar-refractivity contribution is 5.13. The number of hydrogen-bond acceptors (Lipinski definition) is 3. The molecule has 1 rings (SSSR count). The van der Waals surface area contributed by atoms with Crippen LogP contribution in [0.25, 0.3) is 0 Å². The molecule has 0 aromatic heterocycles. The van der Waals surface area contributed by atoms with Crippen molar-refractivity contribution in [3.63, 3.8) is 0 Å². The van der Waals surface area contributed by atoms with E-state index in [4.69, 9.17) is 9.84 Å². The first-order valence-electron chi connectivity index (χ1n) is 4.73. The summed E-state index contributed by atoms with van der Waals surface area (Å²) in [5.74, 6) is 0. The van der Waals surface area contributed by atoms with Crippen LogP contribution in [0.4, 0.5) is 0 Å². The van der Waals surface area contributed by atoms with E-state index in [2.05, 4.69) is 0 Å². The third-order valence-electron chi connectivity index (χ3n) is 1.88. The summed E-state index contributed by atoms with van der Waals surface area (Å²) in [4.78, 5) is 0. The Kier molecular flexibility index (Phi) is 5.22. The Bertz CT molecular complexity index is 236. The zero-order valence-electron chi connectivity index (χ0n) is 8.10. The molecule has 2 N–H and O–H groups in total. The number of hydrogen-bond donors (Lipinski definition) is 2. The van der Waals surface area contributed by atoms with Gasteiger partial charge in [0.2, 0.25) is 0 Å². The maximum atomic E-state index is 9.24. The third-order valence-corrected chi connectivity index (χ3v) is 1.88. The number of rotatable bonds is 6. The third kappa shape index (κ3) is 4.37. The van der Waals surface area contributed by atoms with Crippen LogP contribution in [0.15, 0.2) is 30.3 Å². The molecule has 0 aliphatic rings. The SMILES string of the molecule is OCC[C@H](O)COCc1ccccc1. The summed E-state index contributed by atoms with van der Waals surface area (Å²) in [6.45, 7) is 0.772. The van der Waals surface area contributed by atoms with Gasteiger partial charge in [0.25, 0.3) is 0 Å². The fourth-order valence-corrected chi connectivity index (χ4v) is 1.12. The van der Waals surface area contributed by atoms with Crippen molar-refractivity contribution in [2.45, 2.75) is 19.1 Å². The number of ether oxygens (including phenoxy) is 1. The van der Waals surface area contributed by atoms with Crippen LogP contribution in [0.2, 0.25) is 0 Å². The monoisotopic (exact) mass is 196 g/mol. The van der Waals surface area contributed by atoms with E-state index in [9.17, 15) is 5.11 Å². The first kappa shape index (κ1) is 11.2. The van der Waals surface area contributed by atoms with Crippen LogP contribution in [0.5, 0.6) is 0 Å². The Labute approximate surface area is 84.0 Å². The Morgan fingerprint density at radius 2 is 1.93 bits per heavy atom. The van der Waals surface area contributed by atoms with Crippen LogP contribution in [0, 0.1) is 0 Å². The summed E-state index contributed by atoms with van der Waals surface area (Å²) in [6, 6.07) is 9.78. The van der Waals surface area contributed by atoms with Crippen molar-refractivity contribution in [3.8, 4) is 0 Å². The van der Waals surface area contributed by atoms with Crippen LogP contribution < -0.4 is 0 Å². The van der Waals surface area contributed by atoms with Crippen molar-refractivity contribution in [2.24, 2.45) is 0 Å². The molecule has 0 bridgehead atoms. The minimum Gasteiger partial charge on any atom is -0.396 e. The predicted octanol–water partition coefficient (Wildman–Crippen LogP) is 0.946. The van der Waals surface area contributed by atoms with E-state index in [0.717, 1.165) is 5.56 Å². The number of aliphatic hydroxyl groups excluding tert-OH is 2. The van der Waals surface area contributed by atoms with Gasteiger partial charge in [-0.15, -0.1) is 0 Å². The maximum Gasteiger partial charge on any atom is 0.0795 e. The fourth-order valence-electron chi connectivity index (χ4n) is 1.12. The molecule has 0 amide bonds. The van der Waals surface area contributed by atoms with Gasteiger partial charge in [0.1, 0.15) is 0 Å². The Morgan fingerprint density at radius 1 is 1.21 bits per heavy atom. The first-order valence-corrected chi connectivity index (χ1v) is 4.73. The smallest absolute Gasteiger partial charge is 0.0795 e. The Hall–Kier alpha value is -0.900. The normalized spacial score (nSPS) is 12.7. The summed E-state index contributed by atoms with van der Waals surface area (Å²) in [6.07, 6.45) is -0.196. The second kappa shape index (κ2) is 6.54. The second-order valence-electron chi connectivity index (χ2n) is 3.17. The van der Waals surface area contributed by atoms with Crippen molar-refractivity contribution in [3.05, 3.63) is 35.9 Å². The van der Waals surface area contributed by atoms with Crippen LogP contribution in [0.1, 0.15) is 12.0 Å². The molecule has 1 aromatic rings. The lowest BCUT2D eigenvalue weighted by Crippen LogP contribution is -2.16. The zero-order chi connectivity index (χ0) is 10.2. The van der Waals surface area contributed by atoms with Gasteiger partial charge in [0.05, 0.1) is 19.3 Å². The topological polar surface area (TPSA) is 49.7 Å². The lowest BCUT2D eigenvalue weighted by Gasteiger charge is -2.09. The highest BCUT2D eigenvalue weighted by atomic mass is 16.5. The number of aliphatic hydroxyl groups is 2. The molecule has 0 unspecified atom stereocenters. The molecule has 0 radical (unpaired) electrons. The molecule has 0 fully saturated rings. The van der Waals surface area contributed by atoms with Gasteiger partial charge >= 0.3 is 0 Å². The fraction of sp³-hybridized carbons (Fsp3) is 0.455. The van der Waals surface area contributed by atoms with E-state index < -0.39 is 6.10 Å². The van der Waals surface area contributed by atoms with Crippen molar-refractivity contribution >= 4 is 0 Å². The summed E-state index contributed by atoms with van der Waals surface area (Å²) < 4.78 is 5.27. The van der Waals surface area contributed by atoms with Crippen molar-refractivity contribution in [1.82, 2.24) is 0 Å². The predicted molar refractivity (Wildman–Crippen MR) is 53.8 cm³/mol. The van der Waals surface area contributed by atoms with E-state index in [1.165, 1.54) is 0 Å². The molecule has 1 atom stereocenters. The summed E-state index contributed by atoms with van der Waals surface area (Å²) in [7, 11) is 0. The Morgan fingerprint density at radius 3 is 2.57 bits per heavy atom. The van der Waals surface area contributed by atoms with Crippen molar-refractivity contribution < 1.29 is 14.9 Å². The van der Waals surface area contributed by atoms with Crippen LogP contribution in [0.3, 0.4) is 0 Å². The maximum absolute atomic E-state index is 9.24. The molecular formula is C11H16O3. The summed E-state index contributed by atoms with van der Waals surface area (Å²) in [5.41, 5.74) is 1.09. The zero-order valence-corrected chi connectivity index (χ0v) is 8.10. The first-order chi connectivity index (χ1) is 6.83. The van der Waals surface area contributed by atoms with E-state index in [1.54, 1.807) is 0 Å². The average Bonchev–Trinajstić information content (AvgIpc) is 2.20. The largest absolute Gasteiger partial charge is 0.396 e. The van der Waals surface area contributed by atoms with Crippen molar-refractivity contribution in [2.75, 3.05) is 13.2 Å². The van der Waals surface area contributed by atoms with E-state index in [1.807, 2.05) is 30.3 Å². The number of benzene rings is 1. The summed E-state index contributed by atoms with van der Waals surface area (Å²) in [5, 5.41) is 17.8. The molecule has 0 saturated heterocycles. The van der Waals surface area contributed by atoms with Crippen molar-refractivity contribution in [1.29, 1.82) is 0 Å². The quantitative estimate of drug-likeness (QED) is 0.712. The van der Waals surface area contributed by atoms with Crippen LogP contribution in [-0.4, -0.2) is 29.5 Å². The minimum absolute atomic E-state index is 0.00410. The van der Waals surface area contributed by atoms with E-state index >= 15 is 0 Å². The summed E-state index contributed by atoms with van der Waals surface area (Å²) >= 11 is 0. The van der Waals surface area contributed by atoms with Crippen LogP contribution in [-0.2, 0) is 11.3 Å². The standard InChI is InChI=1S/C11H16O3/c12-7-6-11(13)9-14-8-10-4-2-1-3-5-10/h1-5,11-13H,6-9H2/t11-/m0/s1. The highest BCUT2D eigenvalue weighted by Crippen LogP contribution is 2.01. The van der Waals surface area contributed by atoms with Crippen LogP contribution >= 0.6 is 0 Å². The molecule has 1 aromatic carbocycles. The molecule has 0 saturated carbocycles. The molecule has 0 aliphatic heterocycles. The van der Waals surface area contributed by atoms with E-state index in [0.29, 0.717) is 13.0 Å². The van der Waals surface area contributed by atoms with Gasteiger partial charge in [0.15, 0.2) is 0 Å². The molecule has 0 heterocycles. The van der Waals surface area contributed by atoms with Gasteiger partial charge in [-0.25, -0.2) is 0 Å². The molecule has 14 heavy (non-hydrogen) atoms. The van der Waals surface area contributed by atoms with Gasteiger partial charge in [-0.1, -0.05) is 30.3 Å². The average molecular weight is 196 g/mol. The molecule has 3 nitrogen and oxygen atoms in total. The van der Waals surface area contributed by atoms with Gasteiger partial charge in [-0.05, 0) is 12.0 Å². The molecule has 0 aliphatic carbocycles. The van der Waals surface area contributed by atoms with Gasteiger partial charge in [-0.2, -0.15) is 0 Å². The second-order valence-corrected chi connectivity index (χ2v) is 3.17. The highest BCUT2D eigenvalue weighted by Gasteiger charge is 2.02. The molecule has 3 heteroatoms. The lowest BCUT2D eigenvalue weighted by atomic mass is 10.2. The van der Waals surface area contributed by atoms with Gasteiger partial charge < -0.3 is 14.9 Å². The minimum atomic E-state index is -0.566. The van der Waals surface area contributed by atoms with Gasteiger partial charge in [0, 0.05) is 6.61 Å². The Balaban J connectivity index is 2.16. The lowest BCUT2D eigenvalue weighted by molar-refractivity contribution is 0.0168.